The first kappa shape index (κ1) is 22.5. The number of aromatic nitrogens is 1. The van der Waals surface area contributed by atoms with Crippen LogP contribution in [0.25, 0.3) is 10.9 Å². The number of carbonyl (C=O) groups is 2. The molecule has 0 atom stereocenters. The maximum absolute atomic E-state index is 12.5. The van der Waals surface area contributed by atoms with Crippen molar-refractivity contribution in [3.8, 4) is 5.75 Å². The molecular formula is C23H25ClN4O3. The topological polar surface area (TPSA) is 83.6 Å². The van der Waals surface area contributed by atoms with E-state index in [1.54, 1.807) is 31.4 Å². The average Bonchev–Trinajstić information content (AvgIpc) is 2.74. The molecule has 0 spiro atoms. The highest BCUT2D eigenvalue weighted by molar-refractivity contribution is 6.30. The van der Waals surface area contributed by atoms with Crippen LogP contribution in [0, 0.1) is 0 Å². The first-order valence-corrected chi connectivity index (χ1v) is 10.3. The van der Waals surface area contributed by atoms with E-state index in [1.807, 2.05) is 36.1 Å². The summed E-state index contributed by atoms with van der Waals surface area (Å²) in [7, 11) is 1.61. The zero-order valence-corrected chi connectivity index (χ0v) is 18.5. The lowest BCUT2D eigenvalue weighted by atomic mass is 10.1. The fourth-order valence-electron chi connectivity index (χ4n) is 3.17. The number of ether oxygens (including phenoxy) is 1. The maximum atomic E-state index is 12.5. The smallest absolute Gasteiger partial charge is 0.238 e. The molecule has 0 saturated heterocycles. The molecule has 7 nitrogen and oxygen atoms in total. The number of anilines is 2. The van der Waals surface area contributed by atoms with Gasteiger partial charge in [-0.2, -0.15) is 0 Å². The van der Waals surface area contributed by atoms with E-state index in [0.29, 0.717) is 29.6 Å². The Morgan fingerprint density at radius 2 is 1.74 bits per heavy atom. The quantitative estimate of drug-likeness (QED) is 0.510. The Balaban J connectivity index is 1.65. The molecule has 2 amide bonds. The lowest BCUT2D eigenvalue weighted by Gasteiger charge is -2.20. The number of hydrogen-bond acceptors (Lipinski definition) is 5. The van der Waals surface area contributed by atoms with Gasteiger partial charge in [-0.05, 0) is 49.0 Å². The van der Waals surface area contributed by atoms with Crippen molar-refractivity contribution >= 4 is 45.7 Å². The predicted octanol–water partition coefficient (Wildman–Crippen LogP) is 4.32. The van der Waals surface area contributed by atoms with Gasteiger partial charge < -0.3 is 15.4 Å². The predicted molar refractivity (Wildman–Crippen MR) is 124 cm³/mol. The van der Waals surface area contributed by atoms with Gasteiger partial charge in [-0.1, -0.05) is 18.5 Å². The van der Waals surface area contributed by atoms with Gasteiger partial charge in [-0.15, -0.1) is 0 Å². The molecule has 1 heterocycles. The highest BCUT2D eigenvalue weighted by Crippen LogP contribution is 2.25. The Bertz CT molecular complexity index is 1090. The third kappa shape index (κ3) is 6.16. The SMILES string of the molecule is CCN(CC(=O)Nc1ccc(NC(C)=O)cc1)Cc1cc2ccc(OC)cc2nc1Cl. The van der Waals surface area contributed by atoms with Crippen molar-refractivity contribution in [1.82, 2.24) is 9.88 Å². The Kier molecular flexibility index (Phi) is 7.44. The number of pyridine rings is 1. The fraction of sp³-hybridized carbons (Fsp3) is 0.261. The number of nitrogens with zero attached hydrogens (tertiary/aromatic N) is 2. The van der Waals surface area contributed by atoms with Crippen LogP contribution in [0.1, 0.15) is 19.4 Å². The Morgan fingerprint density at radius 3 is 2.35 bits per heavy atom. The van der Waals surface area contributed by atoms with Gasteiger partial charge in [0.15, 0.2) is 0 Å². The zero-order chi connectivity index (χ0) is 22.4. The fourth-order valence-corrected chi connectivity index (χ4v) is 3.37. The van der Waals surface area contributed by atoms with Gasteiger partial charge in [0.2, 0.25) is 11.8 Å². The van der Waals surface area contributed by atoms with Gasteiger partial charge in [0.25, 0.3) is 0 Å². The summed E-state index contributed by atoms with van der Waals surface area (Å²) in [5.74, 6) is 0.445. The molecule has 1 aromatic heterocycles. The molecule has 8 heteroatoms. The molecule has 0 radical (unpaired) electrons. The normalized spacial score (nSPS) is 10.9. The number of fused-ring (bicyclic) bond motifs is 1. The van der Waals surface area contributed by atoms with Crippen LogP contribution in [0.3, 0.4) is 0 Å². The van der Waals surface area contributed by atoms with E-state index in [1.165, 1.54) is 6.92 Å². The summed E-state index contributed by atoms with van der Waals surface area (Å²) in [6, 6.07) is 14.6. The monoisotopic (exact) mass is 440 g/mol. The largest absolute Gasteiger partial charge is 0.497 e. The maximum Gasteiger partial charge on any atom is 0.238 e. The van der Waals surface area contributed by atoms with Crippen molar-refractivity contribution in [3.05, 3.63) is 59.2 Å². The Hall–Kier alpha value is -3.16. The van der Waals surface area contributed by atoms with E-state index in [-0.39, 0.29) is 18.4 Å². The van der Waals surface area contributed by atoms with E-state index in [9.17, 15) is 9.59 Å². The van der Waals surface area contributed by atoms with Crippen LogP contribution in [0.5, 0.6) is 5.75 Å². The summed E-state index contributed by atoms with van der Waals surface area (Å²) in [6.45, 7) is 4.82. The Labute approximate surface area is 186 Å². The molecule has 0 aliphatic heterocycles. The number of amides is 2. The second-order valence-electron chi connectivity index (χ2n) is 7.11. The van der Waals surface area contributed by atoms with E-state index < -0.39 is 0 Å². The van der Waals surface area contributed by atoms with Gasteiger partial charge in [0, 0.05) is 41.9 Å². The van der Waals surface area contributed by atoms with Crippen LogP contribution < -0.4 is 15.4 Å². The van der Waals surface area contributed by atoms with E-state index in [0.717, 1.165) is 22.2 Å². The number of halogens is 1. The van der Waals surface area contributed by atoms with Crippen molar-refractivity contribution in [2.24, 2.45) is 0 Å². The van der Waals surface area contributed by atoms with E-state index in [2.05, 4.69) is 15.6 Å². The first-order valence-electron chi connectivity index (χ1n) is 9.91. The highest BCUT2D eigenvalue weighted by Gasteiger charge is 2.14. The van der Waals surface area contributed by atoms with Crippen molar-refractivity contribution in [2.75, 3.05) is 30.8 Å². The van der Waals surface area contributed by atoms with Crippen LogP contribution >= 0.6 is 11.6 Å². The third-order valence-electron chi connectivity index (χ3n) is 4.75. The van der Waals surface area contributed by atoms with Crippen molar-refractivity contribution in [3.63, 3.8) is 0 Å². The average molecular weight is 441 g/mol. The third-order valence-corrected chi connectivity index (χ3v) is 5.08. The van der Waals surface area contributed by atoms with Crippen molar-refractivity contribution in [2.45, 2.75) is 20.4 Å². The summed E-state index contributed by atoms with van der Waals surface area (Å²) in [6.07, 6.45) is 0. The number of rotatable bonds is 8. The second-order valence-corrected chi connectivity index (χ2v) is 7.46. The van der Waals surface area contributed by atoms with Gasteiger partial charge >= 0.3 is 0 Å². The van der Waals surface area contributed by atoms with Gasteiger partial charge in [0.1, 0.15) is 10.9 Å². The van der Waals surface area contributed by atoms with Crippen LogP contribution in [0.4, 0.5) is 11.4 Å². The first-order chi connectivity index (χ1) is 14.9. The molecule has 3 rings (SSSR count). The van der Waals surface area contributed by atoms with E-state index >= 15 is 0 Å². The number of carbonyl (C=O) groups excluding carboxylic acids is 2. The summed E-state index contributed by atoms with van der Waals surface area (Å²) < 4.78 is 5.24. The molecular weight excluding hydrogens is 416 g/mol. The van der Waals surface area contributed by atoms with E-state index in [4.69, 9.17) is 16.3 Å². The van der Waals surface area contributed by atoms with Crippen LogP contribution in [-0.2, 0) is 16.1 Å². The van der Waals surface area contributed by atoms with Gasteiger partial charge in [0.05, 0.1) is 19.2 Å². The zero-order valence-electron chi connectivity index (χ0n) is 17.7. The van der Waals surface area contributed by atoms with Crippen LogP contribution in [0.15, 0.2) is 48.5 Å². The summed E-state index contributed by atoms with van der Waals surface area (Å²) in [5.41, 5.74) is 2.96. The van der Waals surface area contributed by atoms with Crippen LogP contribution in [-0.4, -0.2) is 41.9 Å². The van der Waals surface area contributed by atoms with Crippen molar-refractivity contribution < 1.29 is 14.3 Å². The highest BCUT2D eigenvalue weighted by atomic mass is 35.5. The Morgan fingerprint density at radius 1 is 1.06 bits per heavy atom. The summed E-state index contributed by atoms with van der Waals surface area (Å²) in [4.78, 5) is 30.1. The number of hydrogen-bond donors (Lipinski definition) is 2. The second kappa shape index (κ2) is 10.2. The minimum atomic E-state index is -0.142. The molecule has 0 aliphatic carbocycles. The van der Waals surface area contributed by atoms with Crippen molar-refractivity contribution in [1.29, 1.82) is 0 Å². The number of benzene rings is 2. The number of methoxy groups -OCH3 is 1. The molecule has 3 aromatic rings. The molecule has 0 unspecified atom stereocenters. The van der Waals surface area contributed by atoms with Gasteiger partial charge in [-0.3, -0.25) is 14.5 Å². The van der Waals surface area contributed by atoms with Crippen LogP contribution in [0.2, 0.25) is 5.15 Å². The molecule has 31 heavy (non-hydrogen) atoms. The number of likely N-dealkylation sites (N-methyl/N-ethyl adjacent to an activating group) is 1. The molecule has 0 fully saturated rings. The number of nitrogens with one attached hydrogen (secondary N) is 2. The minimum Gasteiger partial charge on any atom is -0.497 e. The molecule has 2 N–H and O–H groups in total. The lowest BCUT2D eigenvalue weighted by Crippen LogP contribution is -2.32. The minimum absolute atomic E-state index is 0.135. The molecule has 162 valence electrons. The standard InChI is InChI=1S/C23H25ClN4O3/c1-4-28(14-22(30)26-19-8-6-18(7-9-19)25-15(2)29)13-17-11-16-5-10-20(31-3)12-21(16)27-23(17)24/h5-12H,4,13-14H2,1-3H3,(H,25,29)(H,26,30). The molecule has 2 aromatic carbocycles. The molecule has 0 saturated carbocycles. The van der Waals surface area contributed by atoms with Gasteiger partial charge in [-0.25, -0.2) is 4.98 Å². The summed E-state index contributed by atoms with van der Waals surface area (Å²) >= 11 is 6.41. The lowest BCUT2D eigenvalue weighted by molar-refractivity contribution is -0.117. The molecule has 0 aliphatic rings. The molecule has 0 bridgehead atoms. The summed E-state index contributed by atoms with van der Waals surface area (Å²) in [5, 5.41) is 6.94.